The van der Waals surface area contributed by atoms with Gasteiger partial charge in [0, 0.05) is 16.7 Å². The van der Waals surface area contributed by atoms with Crippen LogP contribution in [-0.2, 0) is 0 Å². The van der Waals surface area contributed by atoms with Crippen LogP contribution < -0.4 is 5.73 Å². The minimum atomic E-state index is 0.494. The molecule has 1 unspecified atom stereocenters. The van der Waals surface area contributed by atoms with Crippen LogP contribution in [-0.4, -0.2) is 11.5 Å². The molecule has 2 rings (SSSR count). The van der Waals surface area contributed by atoms with E-state index in [1.165, 1.54) is 23.4 Å². The zero-order valence-electron chi connectivity index (χ0n) is 7.29. The van der Waals surface area contributed by atoms with E-state index in [1.807, 2.05) is 5.51 Å². The predicted octanol–water partition coefficient (Wildman–Crippen LogP) is 2.08. The van der Waals surface area contributed by atoms with Gasteiger partial charge in [-0.2, -0.15) is 0 Å². The second kappa shape index (κ2) is 3.15. The van der Waals surface area contributed by atoms with Crippen LogP contribution in [0.5, 0.6) is 0 Å². The molecular weight excluding hydrogens is 168 g/mol. The van der Waals surface area contributed by atoms with Gasteiger partial charge in [0.15, 0.2) is 0 Å². The lowest BCUT2D eigenvalue weighted by molar-refractivity contribution is 0.771. The predicted molar refractivity (Wildman–Crippen MR) is 51.6 cm³/mol. The zero-order valence-corrected chi connectivity index (χ0v) is 8.10. The van der Waals surface area contributed by atoms with Gasteiger partial charge in [-0.3, -0.25) is 0 Å². The molecule has 1 aromatic heterocycles. The Morgan fingerprint density at radius 1 is 1.75 bits per heavy atom. The molecule has 0 aliphatic heterocycles. The number of nitrogens with zero attached hydrogens (tertiary/aromatic N) is 1. The third kappa shape index (κ3) is 1.39. The Balaban J connectivity index is 2.23. The van der Waals surface area contributed by atoms with Crippen molar-refractivity contribution in [3.63, 3.8) is 0 Å². The Kier molecular flexibility index (Phi) is 2.15. The van der Waals surface area contributed by atoms with Crippen LogP contribution in [0.3, 0.4) is 0 Å². The number of aromatic nitrogens is 1. The van der Waals surface area contributed by atoms with Gasteiger partial charge in [-0.05, 0) is 19.4 Å². The van der Waals surface area contributed by atoms with Crippen LogP contribution in [0.2, 0.25) is 0 Å². The Labute approximate surface area is 76.8 Å². The highest BCUT2D eigenvalue weighted by Crippen LogP contribution is 2.43. The first kappa shape index (κ1) is 8.20. The molecule has 0 aromatic carbocycles. The summed E-state index contributed by atoms with van der Waals surface area (Å²) in [5, 5.41) is 0. The number of rotatable bonds is 3. The summed E-state index contributed by atoms with van der Waals surface area (Å²) in [5.74, 6) is 1.26. The second-order valence-corrected chi connectivity index (χ2v) is 4.40. The highest BCUT2D eigenvalue weighted by Gasteiger charge is 2.29. The molecule has 3 heteroatoms. The fraction of sp³-hybridized carbons (Fsp3) is 0.667. The van der Waals surface area contributed by atoms with E-state index < -0.39 is 0 Å². The standard InChI is InChI=1S/C9H14N2S/c1-6(4-10)9-8(7-2-3-7)11-5-12-9/h5-7H,2-4,10H2,1H3. The van der Waals surface area contributed by atoms with Crippen molar-refractivity contribution < 1.29 is 0 Å². The first-order valence-electron chi connectivity index (χ1n) is 4.46. The number of hydrogen-bond acceptors (Lipinski definition) is 3. The summed E-state index contributed by atoms with van der Waals surface area (Å²) >= 11 is 1.76. The fourth-order valence-corrected chi connectivity index (χ4v) is 2.35. The number of nitrogens with two attached hydrogens (primary N) is 1. The normalized spacial score (nSPS) is 19.5. The molecule has 1 aromatic rings. The van der Waals surface area contributed by atoms with E-state index in [4.69, 9.17) is 5.73 Å². The molecule has 12 heavy (non-hydrogen) atoms. The van der Waals surface area contributed by atoms with E-state index in [0.29, 0.717) is 5.92 Å². The lowest BCUT2D eigenvalue weighted by Gasteiger charge is -2.06. The van der Waals surface area contributed by atoms with Crippen molar-refractivity contribution in [3.8, 4) is 0 Å². The molecule has 0 amide bonds. The van der Waals surface area contributed by atoms with Crippen LogP contribution in [0.15, 0.2) is 5.51 Å². The van der Waals surface area contributed by atoms with Crippen LogP contribution in [0.4, 0.5) is 0 Å². The van der Waals surface area contributed by atoms with E-state index in [-0.39, 0.29) is 0 Å². The SMILES string of the molecule is CC(CN)c1scnc1C1CC1. The van der Waals surface area contributed by atoms with Gasteiger partial charge in [0.25, 0.3) is 0 Å². The largest absolute Gasteiger partial charge is 0.330 e. The fourth-order valence-electron chi connectivity index (χ4n) is 1.40. The van der Waals surface area contributed by atoms with Gasteiger partial charge in [-0.1, -0.05) is 6.92 Å². The van der Waals surface area contributed by atoms with Gasteiger partial charge in [-0.15, -0.1) is 11.3 Å². The molecule has 1 atom stereocenters. The van der Waals surface area contributed by atoms with Gasteiger partial charge < -0.3 is 5.73 Å². The number of thiazole rings is 1. The molecule has 0 radical (unpaired) electrons. The maximum atomic E-state index is 5.63. The van der Waals surface area contributed by atoms with Gasteiger partial charge in [-0.25, -0.2) is 4.98 Å². The van der Waals surface area contributed by atoms with E-state index in [9.17, 15) is 0 Å². The average Bonchev–Trinajstić information content (AvgIpc) is 2.83. The maximum absolute atomic E-state index is 5.63. The number of hydrogen-bond donors (Lipinski definition) is 1. The summed E-state index contributed by atoms with van der Waals surface area (Å²) in [4.78, 5) is 5.83. The first-order valence-corrected chi connectivity index (χ1v) is 5.34. The molecular formula is C9H14N2S. The molecule has 0 bridgehead atoms. The Bertz CT molecular complexity index is 265. The lowest BCUT2D eigenvalue weighted by Crippen LogP contribution is -2.09. The Morgan fingerprint density at radius 3 is 3.08 bits per heavy atom. The molecule has 0 spiro atoms. The molecule has 2 N–H and O–H groups in total. The highest BCUT2D eigenvalue weighted by atomic mass is 32.1. The molecule has 66 valence electrons. The van der Waals surface area contributed by atoms with Crippen molar-refractivity contribution in [2.75, 3.05) is 6.54 Å². The summed E-state index contributed by atoms with van der Waals surface area (Å²) < 4.78 is 0. The summed E-state index contributed by atoms with van der Waals surface area (Å²) in [7, 11) is 0. The van der Waals surface area contributed by atoms with Gasteiger partial charge in [0.1, 0.15) is 0 Å². The minimum Gasteiger partial charge on any atom is -0.330 e. The van der Waals surface area contributed by atoms with Crippen molar-refractivity contribution in [1.82, 2.24) is 4.98 Å². The van der Waals surface area contributed by atoms with Crippen LogP contribution >= 0.6 is 11.3 Å². The average molecular weight is 182 g/mol. The van der Waals surface area contributed by atoms with Crippen molar-refractivity contribution >= 4 is 11.3 Å². The third-order valence-electron chi connectivity index (χ3n) is 2.39. The maximum Gasteiger partial charge on any atom is 0.0797 e. The molecule has 1 aliphatic rings. The summed E-state index contributed by atoms with van der Waals surface area (Å²) in [5.41, 5.74) is 8.92. The van der Waals surface area contributed by atoms with Crippen molar-refractivity contribution in [2.45, 2.75) is 31.6 Å². The van der Waals surface area contributed by atoms with E-state index in [1.54, 1.807) is 11.3 Å². The summed E-state index contributed by atoms with van der Waals surface area (Å²) in [6.07, 6.45) is 2.65. The van der Waals surface area contributed by atoms with E-state index in [0.717, 1.165) is 12.5 Å². The Hall–Kier alpha value is -0.410. The topological polar surface area (TPSA) is 38.9 Å². The van der Waals surface area contributed by atoms with Crippen LogP contribution in [0.25, 0.3) is 0 Å². The van der Waals surface area contributed by atoms with Crippen molar-refractivity contribution in [1.29, 1.82) is 0 Å². The Morgan fingerprint density at radius 2 is 2.50 bits per heavy atom. The van der Waals surface area contributed by atoms with Crippen molar-refractivity contribution in [3.05, 3.63) is 16.1 Å². The molecule has 1 saturated carbocycles. The van der Waals surface area contributed by atoms with Gasteiger partial charge in [0.05, 0.1) is 11.2 Å². The minimum absolute atomic E-state index is 0.494. The summed E-state index contributed by atoms with van der Waals surface area (Å²) in [6, 6.07) is 0. The molecule has 1 aliphatic carbocycles. The molecule has 0 saturated heterocycles. The lowest BCUT2D eigenvalue weighted by atomic mass is 10.1. The van der Waals surface area contributed by atoms with E-state index in [2.05, 4.69) is 11.9 Å². The first-order chi connectivity index (χ1) is 5.83. The quantitative estimate of drug-likeness (QED) is 0.777. The zero-order chi connectivity index (χ0) is 8.55. The van der Waals surface area contributed by atoms with Crippen molar-refractivity contribution in [2.24, 2.45) is 5.73 Å². The molecule has 1 heterocycles. The molecule has 2 nitrogen and oxygen atoms in total. The highest BCUT2D eigenvalue weighted by molar-refractivity contribution is 7.09. The molecule has 1 fully saturated rings. The monoisotopic (exact) mass is 182 g/mol. The smallest absolute Gasteiger partial charge is 0.0797 e. The summed E-state index contributed by atoms with van der Waals surface area (Å²) in [6.45, 7) is 2.92. The van der Waals surface area contributed by atoms with Crippen LogP contribution in [0.1, 0.15) is 42.2 Å². The van der Waals surface area contributed by atoms with Gasteiger partial charge in [0.2, 0.25) is 0 Å². The van der Waals surface area contributed by atoms with Gasteiger partial charge >= 0.3 is 0 Å². The van der Waals surface area contributed by atoms with Crippen LogP contribution in [0, 0.1) is 0 Å². The van der Waals surface area contributed by atoms with E-state index >= 15 is 0 Å². The third-order valence-corrected chi connectivity index (χ3v) is 3.47. The second-order valence-electron chi connectivity index (χ2n) is 3.51.